The molecule has 7 nitrogen and oxygen atoms in total. The van der Waals surface area contributed by atoms with Crippen LogP contribution in [0.2, 0.25) is 0 Å². The van der Waals surface area contributed by atoms with Crippen molar-refractivity contribution in [3.8, 4) is 11.3 Å². The van der Waals surface area contributed by atoms with E-state index in [4.69, 9.17) is 0 Å². The molecule has 142 valence electrons. The minimum Gasteiger partial charge on any atom is -0.291 e. The van der Waals surface area contributed by atoms with Gasteiger partial charge in [0.15, 0.2) is 0 Å². The first-order valence-electron chi connectivity index (χ1n) is 9.08. The van der Waals surface area contributed by atoms with Crippen LogP contribution in [0.15, 0.2) is 58.6 Å². The Morgan fingerprint density at radius 1 is 1.25 bits per heavy atom. The zero-order valence-electron chi connectivity index (χ0n) is 15.6. The zero-order valence-corrected chi connectivity index (χ0v) is 16.4. The molecule has 0 saturated carbocycles. The number of para-hydroxylation sites is 1. The summed E-state index contributed by atoms with van der Waals surface area (Å²) >= 11 is 1.34. The van der Waals surface area contributed by atoms with Gasteiger partial charge in [-0.2, -0.15) is 0 Å². The summed E-state index contributed by atoms with van der Waals surface area (Å²) < 4.78 is 1.63. The molecule has 0 fully saturated rings. The summed E-state index contributed by atoms with van der Waals surface area (Å²) in [6.07, 6.45) is 4.02. The highest BCUT2D eigenvalue weighted by Crippen LogP contribution is 2.37. The first-order valence-corrected chi connectivity index (χ1v) is 10.3. The van der Waals surface area contributed by atoms with Crippen LogP contribution >= 0.6 is 11.8 Å². The normalized spacial score (nSPS) is 15.1. The number of nitrogens with zero attached hydrogens (tertiary/aromatic N) is 4. The number of carbonyl (C=O) groups excluding carboxylic acids is 1. The van der Waals surface area contributed by atoms with Crippen LogP contribution in [0.25, 0.3) is 11.3 Å². The first kappa shape index (κ1) is 18.4. The fraction of sp³-hybridized carbons (Fsp3) is 0.250. The maximum atomic E-state index is 13.2. The lowest BCUT2D eigenvalue weighted by molar-refractivity contribution is -0.763. The number of fused-ring (bicyclic) bond motifs is 3. The van der Waals surface area contributed by atoms with Crippen molar-refractivity contribution in [2.45, 2.75) is 31.1 Å². The number of pyridine rings is 1. The van der Waals surface area contributed by atoms with Crippen LogP contribution in [-0.2, 0) is 4.79 Å². The summed E-state index contributed by atoms with van der Waals surface area (Å²) in [5.74, 6) is -0.0310. The fourth-order valence-corrected chi connectivity index (χ4v) is 3.83. The number of benzene rings is 1. The zero-order chi connectivity index (χ0) is 19.7. The molecule has 0 unspecified atom stereocenters. The van der Waals surface area contributed by atoms with Crippen LogP contribution in [0.4, 0.5) is 5.69 Å². The van der Waals surface area contributed by atoms with E-state index in [-0.39, 0.29) is 11.5 Å². The van der Waals surface area contributed by atoms with Crippen molar-refractivity contribution in [2.75, 3.05) is 11.2 Å². The number of hydrogen-bond donors (Lipinski definition) is 1. The van der Waals surface area contributed by atoms with Gasteiger partial charge in [0.2, 0.25) is 11.1 Å². The van der Waals surface area contributed by atoms with E-state index in [9.17, 15) is 9.59 Å². The van der Waals surface area contributed by atoms with Gasteiger partial charge in [0.1, 0.15) is 5.69 Å². The molecule has 1 amide bonds. The van der Waals surface area contributed by atoms with Crippen molar-refractivity contribution in [1.29, 1.82) is 0 Å². The molecule has 8 heteroatoms. The van der Waals surface area contributed by atoms with Crippen LogP contribution in [0.1, 0.15) is 31.6 Å². The fourth-order valence-electron chi connectivity index (χ4n) is 3.46. The SMILES string of the molecule is CCCC(=O)N1c2ccccc2-c2c(=O)[nH]c(SC)n[n+]2[C@H]1c1ccccn1. The summed E-state index contributed by atoms with van der Waals surface area (Å²) in [7, 11) is 0. The topological polar surface area (TPSA) is 82.8 Å². The van der Waals surface area contributed by atoms with E-state index in [1.807, 2.05) is 55.6 Å². The second kappa shape index (κ2) is 7.55. The third kappa shape index (κ3) is 2.99. The largest absolute Gasteiger partial charge is 0.325 e. The summed E-state index contributed by atoms with van der Waals surface area (Å²) in [5, 5.41) is 5.12. The van der Waals surface area contributed by atoms with Gasteiger partial charge in [0, 0.05) is 17.7 Å². The predicted octanol–water partition coefficient (Wildman–Crippen LogP) is 2.53. The van der Waals surface area contributed by atoms with Gasteiger partial charge in [-0.25, -0.2) is 4.90 Å². The van der Waals surface area contributed by atoms with E-state index in [1.54, 1.807) is 15.8 Å². The number of nitrogens with one attached hydrogen (secondary N) is 1. The van der Waals surface area contributed by atoms with E-state index in [1.165, 1.54) is 11.8 Å². The van der Waals surface area contributed by atoms with Gasteiger partial charge in [0.05, 0.1) is 11.3 Å². The van der Waals surface area contributed by atoms with E-state index in [0.717, 1.165) is 6.42 Å². The number of rotatable bonds is 4. The number of hydrogen-bond acceptors (Lipinski definition) is 5. The lowest BCUT2D eigenvalue weighted by atomic mass is 10.0. The third-order valence-electron chi connectivity index (χ3n) is 4.64. The number of amides is 1. The number of carbonyl (C=O) groups is 1. The molecule has 1 aromatic carbocycles. The standard InChI is InChI=1S/C20H19N5O2S/c1-3-8-16(26)24-15-11-5-4-9-13(15)17-18(27)22-20(28-2)23-25(17)19(24)14-10-6-7-12-21-14/h4-7,9-12,19H,3,8H2,1-2H3/p+1/t19-/m0/s1. The Hall–Kier alpha value is -3.00. The monoisotopic (exact) mass is 394 g/mol. The minimum absolute atomic E-state index is 0.0310. The Kier molecular flexibility index (Phi) is 4.95. The molecule has 28 heavy (non-hydrogen) atoms. The summed E-state index contributed by atoms with van der Waals surface area (Å²) in [5.41, 5.74) is 2.21. The van der Waals surface area contributed by atoms with Gasteiger partial charge < -0.3 is 0 Å². The molecule has 1 aliphatic heterocycles. The van der Waals surface area contributed by atoms with Crippen molar-refractivity contribution in [1.82, 2.24) is 15.1 Å². The van der Waals surface area contributed by atoms with Crippen molar-refractivity contribution in [3.05, 3.63) is 64.7 Å². The van der Waals surface area contributed by atoms with E-state index < -0.39 is 6.17 Å². The molecule has 0 radical (unpaired) electrons. The molecule has 1 aliphatic rings. The van der Waals surface area contributed by atoms with Gasteiger partial charge in [-0.1, -0.05) is 36.9 Å². The van der Waals surface area contributed by atoms with Crippen molar-refractivity contribution < 1.29 is 9.48 Å². The van der Waals surface area contributed by atoms with E-state index in [0.29, 0.717) is 34.2 Å². The molecule has 1 N–H and O–H groups in total. The van der Waals surface area contributed by atoms with Gasteiger partial charge in [-0.05, 0) is 41.6 Å². The van der Waals surface area contributed by atoms with Crippen LogP contribution < -0.4 is 15.1 Å². The highest BCUT2D eigenvalue weighted by atomic mass is 32.2. The molecular formula is C20H20N5O2S+. The molecule has 2 aromatic heterocycles. The van der Waals surface area contributed by atoms with Crippen LogP contribution in [0.3, 0.4) is 0 Å². The Balaban J connectivity index is 2.06. The molecule has 0 saturated heterocycles. The van der Waals surface area contributed by atoms with Crippen molar-refractivity contribution >= 4 is 23.4 Å². The van der Waals surface area contributed by atoms with E-state index >= 15 is 0 Å². The number of anilines is 1. The van der Waals surface area contributed by atoms with Gasteiger partial charge in [-0.3, -0.25) is 19.6 Å². The molecule has 3 aromatic rings. The van der Waals surface area contributed by atoms with Gasteiger partial charge >= 0.3 is 17.4 Å². The summed E-state index contributed by atoms with van der Waals surface area (Å²) in [4.78, 5) is 35.1. The lowest BCUT2D eigenvalue weighted by Crippen LogP contribution is -2.61. The third-order valence-corrected chi connectivity index (χ3v) is 5.21. The number of thioether (sulfide) groups is 1. The lowest BCUT2D eigenvalue weighted by Gasteiger charge is -2.31. The highest BCUT2D eigenvalue weighted by Gasteiger charge is 2.46. The smallest absolute Gasteiger partial charge is 0.291 e. The average molecular weight is 394 g/mol. The maximum Gasteiger partial charge on any atom is 0.325 e. The average Bonchev–Trinajstić information content (AvgIpc) is 2.73. The van der Waals surface area contributed by atoms with Crippen LogP contribution in [0, 0.1) is 0 Å². The number of aromatic nitrogens is 4. The van der Waals surface area contributed by atoms with Gasteiger partial charge in [-0.15, -0.1) is 0 Å². The van der Waals surface area contributed by atoms with Gasteiger partial charge in [0.25, 0.3) is 0 Å². The molecule has 0 aliphatic carbocycles. The second-order valence-corrected chi connectivity index (χ2v) is 7.21. The maximum absolute atomic E-state index is 13.2. The Morgan fingerprint density at radius 2 is 2.04 bits per heavy atom. The van der Waals surface area contributed by atoms with Crippen molar-refractivity contribution in [3.63, 3.8) is 0 Å². The van der Waals surface area contributed by atoms with E-state index in [2.05, 4.69) is 15.1 Å². The number of aromatic amines is 1. The molecule has 1 atom stereocenters. The van der Waals surface area contributed by atoms with Crippen molar-refractivity contribution in [2.24, 2.45) is 0 Å². The highest BCUT2D eigenvalue weighted by molar-refractivity contribution is 7.98. The van der Waals surface area contributed by atoms with Crippen LogP contribution in [-0.4, -0.2) is 27.2 Å². The molecule has 4 rings (SSSR count). The summed E-state index contributed by atoms with van der Waals surface area (Å²) in [6.45, 7) is 1.97. The molecular weight excluding hydrogens is 374 g/mol. The Labute approximate surface area is 166 Å². The minimum atomic E-state index is -0.627. The first-order chi connectivity index (χ1) is 13.7. The second-order valence-electron chi connectivity index (χ2n) is 6.42. The Bertz CT molecular complexity index is 1080. The quantitative estimate of drug-likeness (QED) is 0.543. The predicted molar refractivity (Wildman–Crippen MR) is 107 cm³/mol. The number of H-pyrrole nitrogens is 1. The molecule has 0 bridgehead atoms. The summed E-state index contributed by atoms with van der Waals surface area (Å²) in [6, 6.07) is 13.0. The Morgan fingerprint density at radius 3 is 2.75 bits per heavy atom. The molecule has 0 spiro atoms. The molecule has 3 heterocycles. The van der Waals surface area contributed by atoms with Crippen LogP contribution in [0.5, 0.6) is 0 Å².